The summed E-state index contributed by atoms with van der Waals surface area (Å²) in [5, 5.41) is 14.3. The third-order valence-electron chi connectivity index (χ3n) is 2.65. The van der Waals surface area contributed by atoms with Crippen LogP contribution < -0.4 is 5.73 Å². The second-order valence-corrected chi connectivity index (χ2v) is 5.07. The summed E-state index contributed by atoms with van der Waals surface area (Å²) in [5.41, 5.74) is 6.54. The molecule has 0 saturated heterocycles. The van der Waals surface area contributed by atoms with E-state index in [0.717, 1.165) is 5.56 Å². The molecule has 2 atom stereocenters. The van der Waals surface area contributed by atoms with Crippen molar-refractivity contribution in [3.05, 3.63) is 45.5 Å². The largest absolute Gasteiger partial charge is 0.391 e. The highest BCUT2D eigenvalue weighted by Crippen LogP contribution is 2.23. The number of halogens is 2. The first-order valence-corrected chi connectivity index (χ1v) is 6.43. The predicted molar refractivity (Wildman–Crippen MR) is 72.2 cm³/mol. The Hall–Kier alpha value is -1.14. The van der Waals surface area contributed by atoms with Gasteiger partial charge in [-0.05, 0) is 24.6 Å². The minimum absolute atomic E-state index is 0.204. The predicted octanol–water partition coefficient (Wildman–Crippen LogP) is 2.35. The molecule has 5 nitrogen and oxygen atoms in total. The summed E-state index contributed by atoms with van der Waals surface area (Å²) in [6, 6.07) is 4.50. The molecular formula is C12H13Cl2N3O2. The lowest BCUT2D eigenvalue weighted by Crippen LogP contribution is -2.23. The van der Waals surface area contributed by atoms with Gasteiger partial charge in [-0.15, -0.1) is 0 Å². The van der Waals surface area contributed by atoms with Crippen LogP contribution in [0.2, 0.25) is 10.0 Å². The van der Waals surface area contributed by atoms with Crippen LogP contribution in [-0.2, 0) is 6.42 Å². The first kappa shape index (κ1) is 14.3. The first-order chi connectivity index (χ1) is 8.97. The van der Waals surface area contributed by atoms with Gasteiger partial charge in [-0.3, -0.25) is 0 Å². The fourth-order valence-corrected chi connectivity index (χ4v) is 1.99. The van der Waals surface area contributed by atoms with Gasteiger partial charge in [-0.2, -0.15) is 4.98 Å². The molecule has 0 aliphatic rings. The Balaban J connectivity index is 2.16. The first-order valence-electron chi connectivity index (χ1n) is 5.67. The second kappa shape index (κ2) is 5.88. The molecule has 0 aliphatic carbocycles. The van der Waals surface area contributed by atoms with Crippen molar-refractivity contribution in [1.29, 1.82) is 0 Å². The average molecular weight is 302 g/mol. The third kappa shape index (κ3) is 3.45. The molecule has 0 fully saturated rings. The van der Waals surface area contributed by atoms with Gasteiger partial charge >= 0.3 is 0 Å². The molecule has 1 aromatic carbocycles. The van der Waals surface area contributed by atoms with Gasteiger partial charge in [-0.1, -0.05) is 34.4 Å². The number of aromatic nitrogens is 2. The number of hydrogen-bond acceptors (Lipinski definition) is 5. The fraction of sp³-hybridized carbons (Fsp3) is 0.333. The molecule has 0 unspecified atom stereocenters. The Morgan fingerprint density at radius 3 is 2.79 bits per heavy atom. The summed E-state index contributed by atoms with van der Waals surface area (Å²) < 4.78 is 5.01. The number of aliphatic hydroxyl groups excluding tert-OH is 1. The SMILES string of the molecule is C[C@@H](O)[C@H](N)c1nc(Cc2ccc(Cl)cc2Cl)no1. The second-order valence-electron chi connectivity index (χ2n) is 4.23. The van der Waals surface area contributed by atoms with Crippen LogP contribution in [0.3, 0.4) is 0 Å². The monoisotopic (exact) mass is 301 g/mol. The summed E-state index contributed by atoms with van der Waals surface area (Å²) in [4.78, 5) is 4.14. The highest BCUT2D eigenvalue weighted by molar-refractivity contribution is 6.35. The Morgan fingerprint density at radius 1 is 1.42 bits per heavy atom. The Kier molecular flexibility index (Phi) is 4.42. The molecule has 19 heavy (non-hydrogen) atoms. The maximum Gasteiger partial charge on any atom is 0.246 e. The number of aliphatic hydroxyl groups is 1. The van der Waals surface area contributed by atoms with Crippen LogP contribution in [0.25, 0.3) is 0 Å². The minimum Gasteiger partial charge on any atom is -0.391 e. The van der Waals surface area contributed by atoms with Crippen molar-refractivity contribution >= 4 is 23.2 Å². The van der Waals surface area contributed by atoms with Crippen LogP contribution in [-0.4, -0.2) is 21.4 Å². The molecule has 0 spiro atoms. The van der Waals surface area contributed by atoms with Crippen LogP contribution in [0.5, 0.6) is 0 Å². The van der Waals surface area contributed by atoms with Gasteiger partial charge in [0.1, 0.15) is 6.04 Å². The molecule has 1 aromatic heterocycles. The quantitative estimate of drug-likeness (QED) is 0.905. The van der Waals surface area contributed by atoms with E-state index in [1.165, 1.54) is 0 Å². The van der Waals surface area contributed by atoms with E-state index in [1.807, 2.05) is 0 Å². The summed E-state index contributed by atoms with van der Waals surface area (Å²) in [6.07, 6.45) is -0.348. The Bertz CT molecular complexity index is 572. The summed E-state index contributed by atoms with van der Waals surface area (Å²) >= 11 is 11.9. The topological polar surface area (TPSA) is 85.2 Å². The maximum absolute atomic E-state index is 9.36. The van der Waals surface area contributed by atoms with Gasteiger partial charge in [0.25, 0.3) is 0 Å². The van der Waals surface area contributed by atoms with Crippen LogP contribution in [0, 0.1) is 0 Å². The normalized spacial score (nSPS) is 14.4. The lowest BCUT2D eigenvalue weighted by atomic mass is 10.1. The van der Waals surface area contributed by atoms with Crippen molar-refractivity contribution in [2.75, 3.05) is 0 Å². The van der Waals surface area contributed by atoms with E-state index in [0.29, 0.717) is 22.3 Å². The molecular weight excluding hydrogens is 289 g/mol. The van der Waals surface area contributed by atoms with Gasteiger partial charge < -0.3 is 15.4 Å². The summed E-state index contributed by atoms with van der Waals surface area (Å²) in [5.74, 6) is 0.658. The van der Waals surface area contributed by atoms with E-state index in [1.54, 1.807) is 25.1 Å². The molecule has 7 heteroatoms. The zero-order valence-electron chi connectivity index (χ0n) is 10.2. The zero-order valence-corrected chi connectivity index (χ0v) is 11.7. The highest BCUT2D eigenvalue weighted by atomic mass is 35.5. The number of hydrogen-bond donors (Lipinski definition) is 2. The summed E-state index contributed by atoms with van der Waals surface area (Å²) in [7, 11) is 0. The smallest absolute Gasteiger partial charge is 0.246 e. The zero-order chi connectivity index (χ0) is 14.0. The van der Waals surface area contributed by atoms with E-state index in [2.05, 4.69) is 10.1 Å². The van der Waals surface area contributed by atoms with E-state index in [9.17, 15) is 5.11 Å². The van der Waals surface area contributed by atoms with Gasteiger partial charge in [0, 0.05) is 16.5 Å². The lowest BCUT2D eigenvalue weighted by molar-refractivity contribution is 0.146. The van der Waals surface area contributed by atoms with Crippen molar-refractivity contribution in [2.45, 2.75) is 25.5 Å². The Labute approximate surface area is 120 Å². The van der Waals surface area contributed by atoms with Gasteiger partial charge in [0.05, 0.1) is 6.10 Å². The lowest BCUT2D eigenvalue weighted by Gasteiger charge is -2.08. The van der Waals surface area contributed by atoms with Crippen molar-refractivity contribution in [3.8, 4) is 0 Å². The maximum atomic E-state index is 9.36. The van der Waals surface area contributed by atoms with Crippen LogP contribution in [0.4, 0.5) is 0 Å². The standard InChI is InChI=1S/C12H13Cl2N3O2/c1-6(18)11(15)12-16-10(17-19-12)4-7-2-3-8(13)5-9(7)14/h2-3,5-6,11,18H,4,15H2,1H3/t6-,11+/m1/s1. The molecule has 2 rings (SSSR count). The molecule has 0 aliphatic heterocycles. The number of benzene rings is 1. The van der Waals surface area contributed by atoms with Crippen LogP contribution in [0.15, 0.2) is 22.7 Å². The van der Waals surface area contributed by atoms with Crippen molar-refractivity contribution in [2.24, 2.45) is 5.73 Å². The molecule has 0 radical (unpaired) electrons. The van der Waals surface area contributed by atoms with Gasteiger partial charge in [-0.25, -0.2) is 0 Å². The van der Waals surface area contributed by atoms with E-state index < -0.39 is 12.1 Å². The number of nitrogens with zero attached hydrogens (tertiary/aromatic N) is 2. The van der Waals surface area contributed by atoms with E-state index in [-0.39, 0.29) is 5.89 Å². The Morgan fingerprint density at radius 2 is 2.16 bits per heavy atom. The van der Waals surface area contributed by atoms with Gasteiger partial charge in [0.15, 0.2) is 5.82 Å². The summed E-state index contributed by atoms with van der Waals surface area (Å²) in [6.45, 7) is 1.56. The van der Waals surface area contributed by atoms with E-state index in [4.69, 9.17) is 33.5 Å². The molecule has 2 aromatic rings. The van der Waals surface area contributed by atoms with Crippen molar-refractivity contribution < 1.29 is 9.63 Å². The van der Waals surface area contributed by atoms with Crippen molar-refractivity contribution in [3.63, 3.8) is 0 Å². The van der Waals surface area contributed by atoms with Gasteiger partial charge in [0.2, 0.25) is 5.89 Å². The highest BCUT2D eigenvalue weighted by Gasteiger charge is 2.19. The number of nitrogens with two attached hydrogens (primary N) is 1. The molecule has 0 bridgehead atoms. The molecule has 3 N–H and O–H groups in total. The van der Waals surface area contributed by atoms with Crippen molar-refractivity contribution in [1.82, 2.24) is 10.1 Å². The van der Waals surface area contributed by atoms with Crippen LogP contribution in [0.1, 0.15) is 30.2 Å². The van der Waals surface area contributed by atoms with Crippen LogP contribution >= 0.6 is 23.2 Å². The third-order valence-corrected chi connectivity index (χ3v) is 3.24. The minimum atomic E-state index is -0.757. The molecule has 0 saturated carbocycles. The number of rotatable bonds is 4. The average Bonchev–Trinajstić information content (AvgIpc) is 2.80. The molecule has 1 heterocycles. The molecule has 102 valence electrons. The molecule has 0 amide bonds. The fourth-order valence-electron chi connectivity index (χ4n) is 1.52. The van der Waals surface area contributed by atoms with E-state index >= 15 is 0 Å².